The second kappa shape index (κ2) is 9.83. The van der Waals surface area contributed by atoms with Gasteiger partial charge in [0.05, 0.1) is 6.61 Å². The van der Waals surface area contributed by atoms with E-state index >= 15 is 0 Å². The summed E-state index contributed by atoms with van der Waals surface area (Å²) in [5, 5.41) is 5.70. The molecule has 32 heavy (non-hydrogen) atoms. The van der Waals surface area contributed by atoms with E-state index in [2.05, 4.69) is 10.6 Å². The molecule has 0 spiro atoms. The van der Waals surface area contributed by atoms with E-state index in [4.69, 9.17) is 9.47 Å². The van der Waals surface area contributed by atoms with Crippen molar-refractivity contribution in [1.82, 2.24) is 5.32 Å². The minimum absolute atomic E-state index is 0.122. The van der Waals surface area contributed by atoms with Crippen LogP contribution in [-0.4, -0.2) is 25.0 Å². The lowest BCUT2D eigenvalue weighted by Crippen LogP contribution is -2.28. The van der Waals surface area contributed by atoms with Crippen LogP contribution in [0.25, 0.3) is 11.6 Å². The van der Waals surface area contributed by atoms with Crippen LogP contribution < -0.4 is 20.1 Å². The molecule has 0 aliphatic carbocycles. The Labute approximate surface area is 186 Å². The van der Waals surface area contributed by atoms with Crippen LogP contribution in [0.15, 0.2) is 72.8 Å². The largest absolute Gasteiger partial charge is 0.490 e. The third kappa shape index (κ3) is 4.98. The number of carbonyl (C=O) groups excluding carboxylic acids is 2. The highest BCUT2D eigenvalue weighted by Crippen LogP contribution is 2.34. The lowest BCUT2D eigenvalue weighted by molar-refractivity contribution is -0.123. The summed E-state index contributed by atoms with van der Waals surface area (Å²) in [6.07, 6.45) is 1.82. The summed E-state index contributed by atoms with van der Waals surface area (Å²) < 4.78 is 11.4. The number of rotatable bonds is 8. The number of benzene rings is 3. The van der Waals surface area contributed by atoms with Gasteiger partial charge in [0.1, 0.15) is 0 Å². The molecule has 1 aliphatic rings. The van der Waals surface area contributed by atoms with E-state index in [1.807, 2.05) is 79.7 Å². The van der Waals surface area contributed by atoms with Crippen molar-refractivity contribution in [2.24, 2.45) is 0 Å². The normalized spacial score (nSPS) is 13.4. The minimum atomic E-state index is -0.221. The lowest BCUT2D eigenvalue weighted by Gasteiger charge is -2.13. The molecule has 162 valence electrons. The Kier molecular flexibility index (Phi) is 6.51. The number of nitrogens with one attached hydrogen (secondary N) is 2. The van der Waals surface area contributed by atoms with E-state index in [-0.39, 0.29) is 18.4 Å². The monoisotopic (exact) mass is 428 g/mol. The summed E-state index contributed by atoms with van der Waals surface area (Å²) in [6.45, 7) is 2.64. The fourth-order valence-corrected chi connectivity index (χ4v) is 3.44. The molecule has 4 rings (SSSR count). The molecule has 0 bridgehead atoms. The number of anilines is 1. The SMILES string of the molecule is CCOc1cc(/C=C2/C(=O)Nc3ccccc32)ccc1OCC(=O)NCc1ccccc1. The van der Waals surface area contributed by atoms with Gasteiger partial charge in [0.15, 0.2) is 18.1 Å². The molecule has 0 saturated heterocycles. The Morgan fingerprint density at radius 3 is 2.56 bits per heavy atom. The van der Waals surface area contributed by atoms with Crippen LogP contribution in [-0.2, 0) is 16.1 Å². The number of hydrogen-bond acceptors (Lipinski definition) is 4. The molecule has 0 aromatic heterocycles. The summed E-state index contributed by atoms with van der Waals surface area (Å²) in [5.74, 6) is 0.630. The molecule has 0 atom stereocenters. The second-order valence-electron chi connectivity index (χ2n) is 7.25. The van der Waals surface area contributed by atoms with Crippen LogP contribution >= 0.6 is 0 Å². The number of ether oxygens (including phenoxy) is 2. The second-order valence-corrected chi connectivity index (χ2v) is 7.25. The first-order valence-electron chi connectivity index (χ1n) is 10.5. The molecule has 1 heterocycles. The average molecular weight is 428 g/mol. The molecular formula is C26H24N2O4. The number of para-hydroxylation sites is 1. The standard InChI is InChI=1S/C26H24N2O4/c1-2-31-24-15-19(14-21-20-10-6-7-11-22(20)28-26(21)30)12-13-23(24)32-17-25(29)27-16-18-8-4-3-5-9-18/h3-15H,2,16-17H2,1H3,(H,27,29)(H,28,30)/b21-14+. The van der Waals surface area contributed by atoms with E-state index in [9.17, 15) is 9.59 Å². The molecule has 0 unspecified atom stereocenters. The number of carbonyl (C=O) groups is 2. The molecule has 3 aromatic rings. The fraction of sp³-hybridized carbons (Fsp3) is 0.154. The molecule has 0 fully saturated rings. The zero-order valence-electron chi connectivity index (χ0n) is 17.8. The van der Waals surface area contributed by atoms with Crippen molar-refractivity contribution < 1.29 is 19.1 Å². The van der Waals surface area contributed by atoms with Gasteiger partial charge >= 0.3 is 0 Å². The van der Waals surface area contributed by atoms with Crippen molar-refractivity contribution in [3.8, 4) is 11.5 Å². The van der Waals surface area contributed by atoms with Gasteiger partial charge in [-0.3, -0.25) is 9.59 Å². The van der Waals surface area contributed by atoms with E-state index < -0.39 is 0 Å². The van der Waals surface area contributed by atoms with Crippen LogP contribution in [0.3, 0.4) is 0 Å². The highest BCUT2D eigenvalue weighted by molar-refractivity contribution is 6.34. The van der Waals surface area contributed by atoms with Gasteiger partial charge in [-0.1, -0.05) is 54.6 Å². The van der Waals surface area contributed by atoms with Crippen LogP contribution in [0.1, 0.15) is 23.6 Å². The Morgan fingerprint density at radius 2 is 1.75 bits per heavy atom. The van der Waals surface area contributed by atoms with Crippen molar-refractivity contribution in [2.75, 3.05) is 18.5 Å². The Balaban J connectivity index is 1.45. The first kappa shape index (κ1) is 21.2. The Morgan fingerprint density at radius 1 is 0.969 bits per heavy atom. The van der Waals surface area contributed by atoms with E-state index in [0.29, 0.717) is 30.2 Å². The summed E-state index contributed by atoms with van der Waals surface area (Å²) in [5.41, 5.74) is 4.08. The lowest BCUT2D eigenvalue weighted by atomic mass is 10.0. The van der Waals surface area contributed by atoms with E-state index in [0.717, 1.165) is 22.4 Å². The van der Waals surface area contributed by atoms with E-state index in [1.165, 1.54) is 0 Å². The zero-order chi connectivity index (χ0) is 22.3. The molecular weight excluding hydrogens is 404 g/mol. The maximum atomic E-state index is 12.4. The quantitative estimate of drug-likeness (QED) is 0.525. The molecule has 6 nitrogen and oxygen atoms in total. The molecule has 0 saturated carbocycles. The molecule has 2 N–H and O–H groups in total. The Bertz CT molecular complexity index is 1160. The van der Waals surface area contributed by atoms with Gasteiger partial charge in [-0.2, -0.15) is 0 Å². The topological polar surface area (TPSA) is 76.7 Å². The van der Waals surface area contributed by atoms with Crippen molar-refractivity contribution >= 4 is 29.2 Å². The van der Waals surface area contributed by atoms with Crippen LogP contribution in [0, 0.1) is 0 Å². The van der Waals surface area contributed by atoms with Gasteiger partial charge in [-0.05, 0) is 42.3 Å². The minimum Gasteiger partial charge on any atom is -0.490 e. The fourth-order valence-electron chi connectivity index (χ4n) is 3.44. The van der Waals surface area contributed by atoms with E-state index in [1.54, 1.807) is 6.07 Å². The maximum Gasteiger partial charge on any atom is 0.258 e. The third-order valence-electron chi connectivity index (χ3n) is 4.98. The zero-order valence-corrected chi connectivity index (χ0v) is 17.8. The van der Waals surface area contributed by atoms with Gasteiger partial charge in [0.25, 0.3) is 11.8 Å². The molecule has 0 radical (unpaired) electrons. The van der Waals surface area contributed by atoms with Gasteiger partial charge in [-0.15, -0.1) is 0 Å². The number of hydrogen-bond donors (Lipinski definition) is 2. The molecule has 2 amide bonds. The third-order valence-corrected chi connectivity index (χ3v) is 4.98. The van der Waals surface area contributed by atoms with Gasteiger partial charge in [0, 0.05) is 23.4 Å². The summed E-state index contributed by atoms with van der Waals surface area (Å²) >= 11 is 0. The van der Waals surface area contributed by atoms with Gasteiger partial charge in [0.2, 0.25) is 0 Å². The number of amides is 2. The Hall–Kier alpha value is -4.06. The molecule has 6 heteroatoms. The van der Waals surface area contributed by atoms with Crippen LogP contribution in [0.2, 0.25) is 0 Å². The summed E-state index contributed by atoms with van der Waals surface area (Å²) in [4.78, 5) is 24.6. The van der Waals surface area contributed by atoms with Crippen molar-refractivity contribution in [1.29, 1.82) is 0 Å². The predicted molar refractivity (Wildman–Crippen MR) is 124 cm³/mol. The highest BCUT2D eigenvalue weighted by Gasteiger charge is 2.23. The molecule has 1 aliphatic heterocycles. The van der Waals surface area contributed by atoms with Crippen LogP contribution in [0.5, 0.6) is 11.5 Å². The summed E-state index contributed by atoms with van der Waals surface area (Å²) in [7, 11) is 0. The van der Waals surface area contributed by atoms with Gasteiger partial charge < -0.3 is 20.1 Å². The van der Waals surface area contributed by atoms with Crippen molar-refractivity contribution in [3.63, 3.8) is 0 Å². The van der Waals surface area contributed by atoms with Crippen molar-refractivity contribution in [3.05, 3.63) is 89.5 Å². The van der Waals surface area contributed by atoms with Crippen LogP contribution in [0.4, 0.5) is 5.69 Å². The number of fused-ring (bicyclic) bond motifs is 1. The average Bonchev–Trinajstić information content (AvgIpc) is 3.13. The first-order chi connectivity index (χ1) is 15.6. The molecule has 3 aromatic carbocycles. The summed E-state index contributed by atoms with van der Waals surface area (Å²) in [6, 6.07) is 22.6. The smallest absolute Gasteiger partial charge is 0.258 e. The van der Waals surface area contributed by atoms with Crippen molar-refractivity contribution in [2.45, 2.75) is 13.5 Å². The highest BCUT2D eigenvalue weighted by atomic mass is 16.5. The predicted octanol–water partition coefficient (Wildman–Crippen LogP) is 4.27. The first-order valence-corrected chi connectivity index (χ1v) is 10.5. The maximum absolute atomic E-state index is 12.4. The van der Waals surface area contributed by atoms with Gasteiger partial charge in [-0.25, -0.2) is 0 Å².